The second-order valence-electron chi connectivity index (χ2n) is 4.16. The molecule has 2 aromatic rings. The smallest absolute Gasteiger partial charge is 0.137 e. The molecule has 0 amide bonds. The maximum atomic E-state index is 13.3. The number of hydrogen-bond donors (Lipinski definition) is 1. The van der Waals surface area contributed by atoms with Crippen LogP contribution in [-0.4, -0.2) is 0 Å². The summed E-state index contributed by atoms with van der Waals surface area (Å²) >= 11 is 3.18. The fraction of sp³-hybridized carbons (Fsp3) is 0.286. The number of halogens is 2. The van der Waals surface area contributed by atoms with Crippen molar-refractivity contribution in [3.63, 3.8) is 0 Å². The second kappa shape index (κ2) is 5.57. The molecule has 0 aliphatic carbocycles. The van der Waals surface area contributed by atoms with Gasteiger partial charge in [-0.3, -0.25) is 0 Å². The van der Waals surface area contributed by atoms with Crippen LogP contribution in [0.2, 0.25) is 0 Å². The Kier molecular flexibility index (Phi) is 4.07. The topological polar surface area (TPSA) is 25.2 Å². The molecule has 1 N–H and O–H groups in total. The summed E-state index contributed by atoms with van der Waals surface area (Å²) in [5, 5.41) is 3.24. The first-order valence-corrected chi connectivity index (χ1v) is 6.66. The summed E-state index contributed by atoms with van der Waals surface area (Å²) in [6.07, 6.45) is 0.890. The number of furan rings is 1. The summed E-state index contributed by atoms with van der Waals surface area (Å²) in [6.45, 7) is 4.52. The van der Waals surface area contributed by atoms with Crippen molar-refractivity contribution >= 4 is 21.6 Å². The highest BCUT2D eigenvalue weighted by atomic mass is 79.9. The molecule has 18 heavy (non-hydrogen) atoms. The Morgan fingerprint density at radius 2 is 2.00 bits per heavy atom. The van der Waals surface area contributed by atoms with E-state index < -0.39 is 0 Å². The van der Waals surface area contributed by atoms with Crippen molar-refractivity contribution in [3.8, 4) is 0 Å². The van der Waals surface area contributed by atoms with Crippen molar-refractivity contribution in [3.05, 3.63) is 51.6 Å². The normalized spacial score (nSPS) is 10.7. The Labute approximate surface area is 114 Å². The molecule has 0 fully saturated rings. The molecule has 1 aromatic heterocycles. The zero-order valence-electron chi connectivity index (χ0n) is 10.4. The minimum absolute atomic E-state index is 0.246. The fourth-order valence-corrected chi connectivity index (χ4v) is 2.07. The van der Waals surface area contributed by atoms with Crippen molar-refractivity contribution in [2.45, 2.75) is 26.8 Å². The highest BCUT2D eigenvalue weighted by Crippen LogP contribution is 2.24. The van der Waals surface area contributed by atoms with E-state index in [1.807, 2.05) is 19.1 Å². The summed E-state index contributed by atoms with van der Waals surface area (Å²) in [5.41, 5.74) is 1.77. The van der Waals surface area contributed by atoms with Gasteiger partial charge in [0.25, 0.3) is 0 Å². The van der Waals surface area contributed by atoms with Gasteiger partial charge in [0.05, 0.1) is 11.0 Å². The number of hydrogen-bond acceptors (Lipinski definition) is 2. The Balaban J connectivity index is 2.08. The van der Waals surface area contributed by atoms with Gasteiger partial charge in [-0.15, -0.1) is 0 Å². The highest BCUT2D eigenvalue weighted by molar-refractivity contribution is 9.10. The van der Waals surface area contributed by atoms with Gasteiger partial charge in [0.1, 0.15) is 17.3 Å². The summed E-state index contributed by atoms with van der Waals surface area (Å²) in [7, 11) is 0. The Morgan fingerprint density at radius 3 is 2.67 bits per heavy atom. The molecule has 2 rings (SSSR count). The van der Waals surface area contributed by atoms with E-state index in [4.69, 9.17) is 4.42 Å². The molecular weight excluding hydrogens is 297 g/mol. The molecule has 96 valence electrons. The summed E-state index contributed by atoms with van der Waals surface area (Å²) < 4.78 is 19.3. The van der Waals surface area contributed by atoms with Gasteiger partial charge in [0.2, 0.25) is 0 Å². The van der Waals surface area contributed by atoms with Gasteiger partial charge in [-0.25, -0.2) is 4.39 Å². The lowest BCUT2D eigenvalue weighted by molar-refractivity contribution is 0.476. The van der Waals surface area contributed by atoms with Crippen LogP contribution in [0, 0.1) is 12.7 Å². The summed E-state index contributed by atoms with van der Waals surface area (Å²) in [5.74, 6) is 1.61. The van der Waals surface area contributed by atoms with Crippen molar-refractivity contribution in [1.82, 2.24) is 0 Å². The van der Waals surface area contributed by atoms with Crippen LogP contribution < -0.4 is 5.32 Å². The average Bonchev–Trinajstić information content (AvgIpc) is 2.80. The molecule has 0 atom stereocenters. The molecule has 0 aliphatic rings. The quantitative estimate of drug-likeness (QED) is 0.888. The van der Waals surface area contributed by atoms with E-state index in [1.165, 1.54) is 6.07 Å². The van der Waals surface area contributed by atoms with Crippen LogP contribution >= 0.6 is 15.9 Å². The van der Waals surface area contributed by atoms with Crippen LogP contribution in [0.25, 0.3) is 0 Å². The van der Waals surface area contributed by atoms with Crippen LogP contribution in [0.1, 0.15) is 24.0 Å². The van der Waals surface area contributed by atoms with E-state index in [2.05, 4.69) is 28.2 Å². The largest absolute Gasteiger partial charge is 0.464 e. The van der Waals surface area contributed by atoms with E-state index in [9.17, 15) is 4.39 Å². The first-order valence-electron chi connectivity index (χ1n) is 5.87. The van der Waals surface area contributed by atoms with Gasteiger partial charge < -0.3 is 9.73 Å². The molecule has 2 nitrogen and oxygen atoms in total. The lowest BCUT2D eigenvalue weighted by atomic mass is 10.2. The Hall–Kier alpha value is -1.29. The minimum atomic E-state index is -0.246. The van der Waals surface area contributed by atoms with Gasteiger partial charge >= 0.3 is 0 Å². The fourth-order valence-electron chi connectivity index (χ4n) is 1.73. The number of rotatable bonds is 4. The molecule has 1 heterocycles. The predicted molar refractivity (Wildman–Crippen MR) is 74.2 cm³/mol. The SMILES string of the molecule is CCc1ccc(CNc2cc(Br)c(F)cc2C)o1. The zero-order chi connectivity index (χ0) is 13.1. The van der Waals surface area contributed by atoms with Crippen molar-refractivity contribution in [2.75, 3.05) is 5.32 Å². The van der Waals surface area contributed by atoms with Crippen molar-refractivity contribution < 1.29 is 8.81 Å². The molecule has 0 bridgehead atoms. The summed E-state index contributed by atoms with van der Waals surface area (Å²) in [6, 6.07) is 7.19. The van der Waals surface area contributed by atoms with Crippen LogP contribution in [0.4, 0.5) is 10.1 Å². The third-order valence-electron chi connectivity index (χ3n) is 2.79. The second-order valence-corrected chi connectivity index (χ2v) is 5.01. The number of benzene rings is 1. The number of anilines is 1. The minimum Gasteiger partial charge on any atom is -0.464 e. The van der Waals surface area contributed by atoms with Crippen LogP contribution in [0.5, 0.6) is 0 Å². The molecule has 0 saturated carbocycles. The van der Waals surface area contributed by atoms with E-state index >= 15 is 0 Å². The summed E-state index contributed by atoms with van der Waals surface area (Å²) in [4.78, 5) is 0. The zero-order valence-corrected chi connectivity index (χ0v) is 12.0. The van der Waals surface area contributed by atoms with E-state index in [1.54, 1.807) is 6.07 Å². The standard InChI is InChI=1S/C14H15BrFNO/c1-3-10-4-5-11(18-10)8-17-14-7-12(15)13(16)6-9(14)2/h4-7,17H,3,8H2,1-2H3. The lowest BCUT2D eigenvalue weighted by Gasteiger charge is -2.09. The van der Waals surface area contributed by atoms with Gasteiger partial charge in [-0.1, -0.05) is 6.92 Å². The molecule has 4 heteroatoms. The number of aryl methyl sites for hydroxylation is 2. The van der Waals surface area contributed by atoms with E-state index in [-0.39, 0.29) is 5.82 Å². The van der Waals surface area contributed by atoms with E-state index in [0.717, 1.165) is 29.2 Å². The molecule has 0 spiro atoms. The Morgan fingerprint density at radius 1 is 1.28 bits per heavy atom. The van der Waals surface area contributed by atoms with Gasteiger partial charge in [-0.05, 0) is 52.7 Å². The highest BCUT2D eigenvalue weighted by Gasteiger charge is 2.06. The maximum absolute atomic E-state index is 13.3. The maximum Gasteiger partial charge on any atom is 0.137 e. The first-order chi connectivity index (χ1) is 8.60. The average molecular weight is 312 g/mol. The van der Waals surface area contributed by atoms with Gasteiger partial charge in [0, 0.05) is 12.1 Å². The van der Waals surface area contributed by atoms with Gasteiger partial charge in [-0.2, -0.15) is 0 Å². The van der Waals surface area contributed by atoms with Crippen LogP contribution in [-0.2, 0) is 13.0 Å². The van der Waals surface area contributed by atoms with Crippen LogP contribution in [0.15, 0.2) is 33.2 Å². The molecule has 0 saturated heterocycles. The third kappa shape index (κ3) is 2.93. The third-order valence-corrected chi connectivity index (χ3v) is 3.39. The lowest BCUT2D eigenvalue weighted by Crippen LogP contribution is -2.00. The van der Waals surface area contributed by atoms with Crippen molar-refractivity contribution in [2.24, 2.45) is 0 Å². The van der Waals surface area contributed by atoms with Crippen LogP contribution in [0.3, 0.4) is 0 Å². The first kappa shape index (κ1) is 13.1. The van der Waals surface area contributed by atoms with Crippen molar-refractivity contribution in [1.29, 1.82) is 0 Å². The predicted octanol–water partition coefficient (Wildman–Crippen LogP) is 4.66. The molecule has 0 unspecified atom stereocenters. The molecule has 0 aliphatic heterocycles. The molecule has 1 aromatic carbocycles. The monoisotopic (exact) mass is 311 g/mol. The molecule has 0 radical (unpaired) electrons. The Bertz CT molecular complexity index is 551. The molecular formula is C14H15BrFNO. The van der Waals surface area contributed by atoms with E-state index in [0.29, 0.717) is 11.0 Å². The number of nitrogens with one attached hydrogen (secondary N) is 1. The van der Waals surface area contributed by atoms with Gasteiger partial charge in [0.15, 0.2) is 0 Å².